The number of hydrogen-bond donors (Lipinski definition) is 1. The molecular weight excluding hydrogens is 346 g/mol. The van der Waals surface area contributed by atoms with E-state index < -0.39 is 0 Å². The molecule has 0 bridgehead atoms. The van der Waals surface area contributed by atoms with Gasteiger partial charge in [0.15, 0.2) is 0 Å². The Morgan fingerprint density at radius 2 is 1.93 bits per heavy atom. The summed E-state index contributed by atoms with van der Waals surface area (Å²) in [6.07, 6.45) is 7.42. The van der Waals surface area contributed by atoms with Crippen LogP contribution in [0.25, 0.3) is 17.0 Å². The molecule has 144 valence electrons. The fourth-order valence-electron chi connectivity index (χ4n) is 3.93. The number of nitrogens with one attached hydrogen (secondary N) is 1. The fourth-order valence-corrected chi connectivity index (χ4v) is 3.93. The minimum absolute atomic E-state index is 0.334. The van der Waals surface area contributed by atoms with Crippen molar-refractivity contribution in [2.45, 2.75) is 12.5 Å². The quantitative estimate of drug-likeness (QED) is 0.699. The predicted molar refractivity (Wildman–Crippen MR) is 116 cm³/mol. The van der Waals surface area contributed by atoms with Crippen LogP contribution in [-0.2, 0) is 0 Å². The topological polar surface area (TPSA) is 37.4 Å². The van der Waals surface area contributed by atoms with Gasteiger partial charge >= 0.3 is 0 Å². The zero-order valence-corrected chi connectivity index (χ0v) is 16.3. The fraction of sp³-hybridized carbons (Fsp3) is 0.292. The summed E-state index contributed by atoms with van der Waals surface area (Å²) in [7, 11) is 1.70. The molecule has 1 saturated heterocycles. The zero-order valence-electron chi connectivity index (χ0n) is 16.3. The molecule has 0 aliphatic carbocycles. The van der Waals surface area contributed by atoms with Crippen LogP contribution in [0, 0.1) is 0 Å². The maximum absolute atomic E-state index is 5.38. The average molecular weight is 374 g/mol. The second-order valence-corrected chi connectivity index (χ2v) is 7.13. The summed E-state index contributed by atoms with van der Waals surface area (Å²) >= 11 is 0. The van der Waals surface area contributed by atoms with E-state index in [-0.39, 0.29) is 0 Å². The first-order valence-corrected chi connectivity index (χ1v) is 9.94. The van der Waals surface area contributed by atoms with Crippen LogP contribution in [0.1, 0.15) is 23.6 Å². The molecule has 0 amide bonds. The molecule has 1 N–H and O–H groups in total. The van der Waals surface area contributed by atoms with Crippen molar-refractivity contribution in [1.29, 1.82) is 0 Å². The van der Waals surface area contributed by atoms with Crippen LogP contribution >= 0.6 is 0 Å². The summed E-state index contributed by atoms with van der Waals surface area (Å²) in [5.74, 6) is 0.847. The average Bonchev–Trinajstić information content (AvgIpc) is 2.77. The standard InChI is InChI=1S/C24H27N3O/c1-28-20-10-11-21-22(12-13-26-23(21)18-20)24(27-16-14-25-15-17-27)9-5-8-19-6-3-2-4-7-19/h2-8,10-13,18,24-25H,9,14-17H2,1H3/b8-5+. The number of fused-ring (bicyclic) bond motifs is 1. The number of nitrogens with zero attached hydrogens (tertiary/aromatic N) is 2. The molecule has 2 aromatic carbocycles. The van der Waals surface area contributed by atoms with Crippen LogP contribution in [0.5, 0.6) is 5.75 Å². The lowest BCUT2D eigenvalue weighted by molar-refractivity contribution is 0.175. The van der Waals surface area contributed by atoms with Gasteiger partial charge in [-0.15, -0.1) is 0 Å². The number of aromatic nitrogens is 1. The first-order valence-electron chi connectivity index (χ1n) is 9.94. The molecule has 2 heterocycles. The smallest absolute Gasteiger partial charge is 0.121 e. The highest BCUT2D eigenvalue weighted by Gasteiger charge is 2.23. The van der Waals surface area contributed by atoms with Crippen molar-refractivity contribution >= 4 is 17.0 Å². The third kappa shape index (κ3) is 4.24. The number of methoxy groups -OCH3 is 1. The third-order valence-electron chi connectivity index (χ3n) is 5.40. The molecule has 0 saturated carbocycles. The van der Waals surface area contributed by atoms with Gasteiger partial charge in [0.1, 0.15) is 5.75 Å². The van der Waals surface area contributed by atoms with Crippen molar-refractivity contribution in [3.8, 4) is 5.75 Å². The normalized spacial score (nSPS) is 16.5. The van der Waals surface area contributed by atoms with Crippen LogP contribution in [0.2, 0.25) is 0 Å². The molecule has 1 atom stereocenters. The van der Waals surface area contributed by atoms with Gasteiger partial charge in [-0.1, -0.05) is 42.5 Å². The SMILES string of the molecule is COc1ccc2c(C(C/C=C/c3ccccc3)N3CCNCC3)ccnc2c1. The summed E-state index contributed by atoms with van der Waals surface area (Å²) in [4.78, 5) is 7.17. The molecule has 1 aromatic heterocycles. The predicted octanol–water partition coefficient (Wildman–Crippen LogP) is 4.29. The van der Waals surface area contributed by atoms with E-state index in [1.807, 2.05) is 18.3 Å². The monoisotopic (exact) mass is 373 g/mol. The number of pyridine rings is 1. The van der Waals surface area contributed by atoms with Crippen molar-refractivity contribution in [1.82, 2.24) is 15.2 Å². The summed E-state index contributed by atoms with van der Waals surface area (Å²) < 4.78 is 5.38. The Morgan fingerprint density at radius 3 is 2.71 bits per heavy atom. The molecule has 1 fully saturated rings. The van der Waals surface area contributed by atoms with E-state index in [1.165, 1.54) is 16.5 Å². The highest BCUT2D eigenvalue weighted by Crippen LogP contribution is 2.32. The molecule has 4 rings (SSSR count). The van der Waals surface area contributed by atoms with Crippen LogP contribution < -0.4 is 10.1 Å². The number of rotatable bonds is 6. The molecule has 3 aromatic rings. The minimum atomic E-state index is 0.334. The molecule has 4 heteroatoms. The van der Waals surface area contributed by atoms with E-state index >= 15 is 0 Å². The molecule has 4 nitrogen and oxygen atoms in total. The van der Waals surface area contributed by atoms with Gasteiger partial charge in [-0.3, -0.25) is 9.88 Å². The Balaban J connectivity index is 1.67. The molecule has 0 radical (unpaired) electrons. The zero-order chi connectivity index (χ0) is 19.2. The Kier molecular flexibility index (Phi) is 6.00. The van der Waals surface area contributed by atoms with Crippen molar-refractivity contribution < 1.29 is 4.74 Å². The lowest BCUT2D eigenvalue weighted by atomic mass is 9.96. The molecular formula is C24H27N3O. The summed E-state index contributed by atoms with van der Waals surface area (Å²) in [6, 6.07) is 19.2. The van der Waals surface area contributed by atoms with E-state index in [2.05, 4.69) is 69.8 Å². The van der Waals surface area contributed by atoms with Gasteiger partial charge in [-0.05, 0) is 35.7 Å². The van der Waals surface area contributed by atoms with Crippen molar-refractivity contribution in [2.24, 2.45) is 0 Å². The highest BCUT2D eigenvalue weighted by molar-refractivity contribution is 5.83. The Bertz CT molecular complexity index is 933. The minimum Gasteiger partial charge on any atom is -0.497 e. The second kappa shape index (κ2) is 9.00. The van der Waals surface area contributed by atoms with Gasteiger partial charge in [0, 0.05) is 49.9 Å². The first-order chi connectivity index (χ1) is 13.8. The van der Waals surface area contributed by atoms with E-state index in [0.717, 1.165) is 43.9 Å². The maximum atomic E-state index is 5.38. The van der Waals surface area contributed by atoms with Gasteiger partial charge in [0.05, 0.1) is 12.6 Å². The maximum Gasteiger partial charge on any atom is 0.121 e. The first kappa shape index (κ1) is 18.7. The number of benzene rings is 2. The molecule has 28 heavy (non-hydrogen) atoms. The molecule has 1 unspecified atom stereocenters. The van der Waals surface area contributed by atoms with Crippen LogP contribution in [0.15, 0.2) is 66.9 Å². The molecule has 1 aliphatic heterocycles. The summed E-state index contributed by atoms with van der Waals surface area (Å²) in [5.41, 5.74) is 3.57. The number of piperazine rings is 1. The number of hydrogen-bond acceptors (Lipinski definition) is 4. The second-order valence-electron chi connectivity index (χ2n) is 7.13. The lowest BCUT2D eigenvalue weighted by Gasteiger charge is -2.35. The van der Waals surface area contributed by atoms with Crippen molar-refractivity contribution in [2.75, 3.05) is 33.3 Å². The van der Waals surface area contributed by atoms with Crippen LogP contribution in [-0.4, -0.2) is 43.2 Å². The largest absolute Gasteiger partial charge is 0.497 e. The van der Waals surface area contributed by atoms with Crippen LogP contribution in [0.3, 0.4) is 0 Å². The van der Waals surface area contributed by atoms with Crippen molar-refractivity contribution in [3.05, 3.63) is 78.0 Å². The van der Waals surface area contributed by atoms with E-state index in [4.69, 9.17) is 4.74 Å². The third-order valence-corrected chi connectivity index (χ3v) is 5.40. The van der Waals surface area contributed by atoms with Gasteiger partial charge in [0.2, 0.25) is 0 Å². The number of ether oxygens (including phenoxy) is 1. The molecule has 0 spiro atoms. The van der Waals surface area contributed by atoms with Crippen LogP contribution in [0.4, 0.5) is 0 Å². The Hall–Kier alpha value is -2.69. The summed E-state index contributed by atoms with van der Waals surface area (Å²) in [6.45, 7) is 4.19. The lowest BCUT2D eigenvalue weighted by Crippen LogP contribution is -2.45. The van der Waals surface area contributed by atoms with Gasteiger partial charge < -0.3 is 10.1 Å². The van der Waals surface area contributed by atoms with Crippen molar-refractivity contribution in [3.63, 3.8) is 0 Å². The summed E-state index contributed by atoms with van der Waals surface area (Å²) in [5, 5.41) is 4.67. The Labute approximate surface area is 166 Å². The molecule has 1 aliphatic rings. The van der Waals surface area contributed by atoms with E-state index in [1.54, 1.807) is 7.11 Å². The Morgan fingerprint density at radius 1 is 1.11 bits per heavy atom. The van der Waals surface area contributed by atoms with E-state index in [0.29, 0.717) is 6.04 Å². The van der Waals surface area contributed by atoms with Gasteiger partial charge in [-0.2, -0.15) is 0 Å². The van der Waals surface area contributed by atoms with E-state index in [9.17, 15) is 0 Å². The highest BCUT2D eigenvalue weighted by atomic mass is 16.5. The van der Waals surface area contributed by atoms with Gasteiger partial charge in [0.25, 0.3) is 0 Å². The van der Waals surface area contributed by atoms with Gasteiger partial charge in [-0.25, -0.2) is 0 Å².